The van der Waals surface area contributed by atoms with Crippen LogP contribution < -0.4 is 5.32 Å². The molecule has 1 N–H and O–H groups in total. The van der Waals surface area contributed by atoms with E-state index >= 15 is 0 Å². The molecule has 1 saturated heterocycles. The molecule has 1 aliphatic heterocycles. The normalized spacial score (nSPS) is 20.8. The van der Waals surface area contributed by atoms with Gasteiger partial charge >= 0.3 is 0 Å². The predicted octanol–water partition coefficient (Wildman–Crippen LogP) is 3.59. The van der Waals surface area contributed by atoms with Gasteiger partial charge < -0.3 is 10.2 Å². The molecule has 1 aliphatic carbocycles. The lowest BCUT2D eigenvalue weighted by Gasteiger charge is -2.48. The summed E-state index contributed by atoms with van der Waals surface area (Å²) in [6, 6.07) is 7.47. The Labute approximate surface area is 156 Å². The molecule has 2 fully saturated rings. The van der Waals surface area contributed by atoms with Crippen LogP contribution in [0.4, 0.5) is 0 Å². The number of piperidine rings is 1. The first kappa shape index (κ1) is 18.9. The molecule has 2 aliphatic rings. The van der Waals surface area contributed by atoms with Gasteiger partial charge in [-0.2, -0.15) is 0 Å². The van der Waals surface area contributed by atoms with E-state index in [1.165, 1.54) is 71.6 Å². The van der Waals surface area contributed by atoms with Crippen LogP contribution in [-0.4, -0.2) is 49.3 Å². The van der Waals surface area contributed by atoms with Crippen molar-refractivity contribution in [3.05, 3.63) is 35.4 Å². The number of hydrogen-bond acceptors (Lipinski definition) is 4. The van der Waals surface area contributed by atoms with Crippen LogP contribution in [0.25, 0.3) is 0 Å². The molecule has 0 unspecified atom stereocenters. The Bertz CT molecular complexity index is 600. The summed E-state index contributed by atoms with van der Waals surface area (Å²) in [4.78, 5) is 20.0. The van der Waals surface area contributed by atoms with Crippen molar-refractivity contribution in [2.75, 3.05) is 26.7 Å². The van der Waals surface area contributed by atoms with Crippen molar-refractivity contribution >= 4 is 12.1 Å². The van der Waals surface area contributed by atoms with E-state index in [4.69, 9.17) is 0 Å². The van der Waals surface area contributed by atoms with Crippen LogP contribution in [-0.2, 0) is 4.84 Å². The van der Waals surface area contributed by atoms with Crippen molar-refractivity contribution in [1.82, 2.24) is 10.2 Å². The number of hydrogen-bond donors (Lipinski definition) is 1. The first-order valence-electron chi connectivity index (χ1n) is 9.93. The van der Waals surface area contributed by atoms with Crippen LogP contribution in [0.3, 0.4) is 0 Å². The molecule has 0 atom stereocenters. The van der Waals surface area contributed by atoms with Crippen LogP contribution in [0, 0.1) is 0 Å². The Kier molecular flexibility index (Phi) is 6.67. The van der Waals surface area contributed by atoms with Gasteiger partial charge in [0.1, 0.15) is 7.11 Å². The molecule has 0 radical (unpaired) electrons. The van der Waals surface area contributed by atoms with Gasteiger partial charge in [0.2, 0.25) is 0 Å². The molecule has 5 nitrogen and oxygen atoms in total. The largest absolute Gasteiger partial charge is 0.399 e. The number of benzene rings is 1. The van der Waals surface area contributed by atoms with Gasteiger partial charge in [-0.1, -0.05) is 43.0 Å². The Hall–Kier alpha value is -1.88. The highest BCUT2D eigenvalue weighted by atomic mass is 16.6. The predicted molar refractivity (Wildman–Crippen MR) is 105 cm³/mol. The Morgan fingerprint density at radius 3 is 2.42 bits per heavy atom. The third-order valence-corrected chi connectivity index (χ3v) is 5.87. The molecule has 3 rings (SSSR count). The monoisotopic (exact) mass is 357 g/mol. The number of rotatable bonds is 6. The lowest BCUT2D eigenvalue weighted by Crippen LogP contribution is -2.58. The van der Waals surface area contributed by atoms with E-state index < -0.39 is 0 Å². The summed E-state index contributed by atoms with van der Waals surface area (Å²) >= 11 is 0. The molecule has 1 heterocycles. The minimum absolute atomic E-state index is 0.0159. The van der Waals surface area contributed by atoms with Crippen LogP contribution in [0.15, 0.2) is 29.4 Å². The number of nitrogens with one attached hydrogen (secondary N) is 1. The van der Waals surface area contributed by atoms with E-state index in [1.54, 1.807) is 6.21 Å². The SMILES string of the molecule is CO/N=C/c1ccc(C(=O)NCC2(N3CCCCC3)CCCCC2)cc1. The minimum Gasteiger partial charge on any atom is -0.399 e. The molecule has 0 aromatic heterocycles. The smallest absolute Gasteiger partial charge is 0.251 e. The standard InChI is InChI=1S/C21H31N3O2/c1-26-23-16-18-8-10-19(11-9-18)20(25)22-17-21(12-4-2-5-13-21)24-14-6-3-7-15-24/h8-11,16H,2-7,12-15,17H2,1H3,(H,22,25)/b23-16+. The summed E-state index contributed by atoms with van der Waals surface area (Å²) < 4.78 is 0. The van der Waals surface area contributed by atoms with Crippen molar-refractivity contribution in [3.8, 4) is 0 Å². The lowest BCUT2D eigenvalue weighted by molar-refractivity contribution is 0.0326. The molecule has 5 heteroatoms. The average molecular weight is 357 g/mol. The molecule has 1 aromatic rings. The molecular formula is C21H31N3O2. The fourth-order valence-electron chi connectivity index (χ4n) is 4.36. The maximum atomic E-state index is 12.6. The van der Waals surface area contributed by atoms with E-state index in [-0.39, 0.29) is 11.4 Å². The Morgan fingerprint density at radius 1 is 1.12 bits per heavy atom. The van der Waals surface area contributed by atoms with Gasteiger partial charge in [-0.25, -0.2) is 0 Å². The maximum absolute atomic E-state index is 12.6. The molecule has 1 aromatic carbocycles. The highest BCUT2D eigenvalue weighted by Gasteiger charge is 2.38. The van der Waals surface area contributed by atoms with Crippen molar-refractivity contribution in [2.45, 2.75) is 56.9 Å². The van der Waals surface area contributed by atoms with Crippen LogP contribution in [0.5, 0.6) is 0 Å². The van der Waals surface area contributed by atoms with E-state index in [1.807, 2.05) is 24.3 Å². The van der Waals surface area contributed by atoms with Crippen molar-refractivity contribution in [1.29, 1.82) is 0 Å². The lowest BCUT2D eigenvalue weighted by atomic mass is 9.79. The number of oxime groups is 1. The zero-order chi connectivity index (χ0) is 18.2. The van der Waals surface area contributed by atoms with Gasteiger partial charge in [-0.3, -0.25) is 9.69 Å². The maximum Gasteiger partial charge on any atom is 0.251 e. The third kappa shape index (κ3) is 4.64. The summed E-state index contributed by atoms with van der Waals surface area (Å²) in [5, 5.41) is 6.97. The molecule has 0 spiro atoms. The van der Waals surface area contributed by atoms with Crippen LogP contribution in [0.2, 0.25) is 0 Å². The summed E-state index contributed by atoms with van der Waals surface area (Å²) in [5.74, 6) is 0.0159. The fraction of sp³-hybridized carbons (Fsp3) is 0.619. The van der Waals surface area contributed by atoms with Crippen molar-refractivity contribution in [3.63, 3.8) is 0 Å². The number of likely N-dealkylation sites (tertiary alicyclic amines) is 1. The molecule has 1 amide bonds. The molecule has 26 heavy (non-hydrogen) atoms. The van der Waals surface area contributed by atoms with E-state index in [2.05, 4.69) is 20.2 Å². The first-order chi connectivity index (χ1) is 12.7. The third-order valence-electron chi connectivity index (χ3n) is 5.87. The first-order valence-corrected chi connectivity index (χ1v) is 9.93. The average Bonchev–Trinajstić information content (AvgIpc) is 2.72. The summed E-state index contributed by atoms with van der Waals surface area (Å²) in [7, 11) is 1.52. The van der Waals surface area contributed by atoms with Gasteiger partial charge in [0.25, 0.3) is 5.91 Å². The summed E-state index contributed by atoms with van der Waals surface area (Å²) in [6.45, 7) is 3.13. The summed E-state index contributed by atoms with van der Waals surface area (Å²) in [6.07, 6.45) is 11.9. The number of carbonyl (C=O) groups is 1. The van der Waals surface area contributed by atoms with Gasteiger partial charge in [0, 0.05) is 17.6 Å². The zero-order valence-electron chi connectivity index (χ0n) is 15.9. The second-order valence-electron chi connectivity index (χ2n) is 7.55. The van der Waals surface area contributed by atoms with E-state index in [9.17, 15) is 4.79 Å². The van der Waals surface area contributed by atoms with Gasteiger partial charge in [-0.15, -0.1) is 0 Å². The zero-order valence-corrected chi connectivity index (χ0v) is 15.9. The van der Waals surface area contributed by atoms with Crippen molar-refractivity contribution < 1.29 is 9.63 Å². The van der Waals surface area contributed by atoms with Gasteiger partial charge in [0.15, 0.2) is 0 Å². The quantitative estimate of drug-likeness (QED) is 0.625. The molecule has 1 saturated carbocycles. The highest BCUT2D eigenvalue weighted by Crippen LogP contribution is 2.35. The minimum atomic E-state index is 0.0159. The van der Waals surface area contributed by atoms with Crippen molar-refractivity contribution in [2.24, 2.45) is 5.16 Å². The highest BCUT2D eigenvalue weighted by molar-refractivity contribution is 5.95. The molecule has 142 valence electrons. The Morgan fingerprint density at radius 2 is 1.77 bits per heavy atom. The van der Waals surface area contributed by atoms with Crippen LogP contribution in [0.1, 0.15) is 67.3 Å². The fourth-order valence-corrected chi connectivity index (χ4v) is 4.36. The second kappa shape index (κ2) is 9.17. The van der Waals surface area contributed by atoms with Crippen LogP contribution >= 0.6 is 0 Å². The summed E-state index contributed by atoms with van der Waals surface area (Å²) in [5.41, 5.74) is 1.78. The topological polar surface area (TPSA) is 53.9 Å². The van der Waals surface area contributed by atoms with E-state index in [0.29, 0.717) is 5.56 Å². The van der Waals surface area contributed by atoms with Gasteiger partial charge in [-0.05, 0) is 56.5 Å². The molecular weight excluding hydrogens is 326 g/mol. The van der Waals surface area contributed by atoms with Gasteiger partial charge in [0.05, 0.1) is 6.21 Å². The second-order valence-corrected chi connectivity index (χ2v) is 7.55. The number of carbonyl (C=O) groups excluding carboxylic acids is 1. The molecule has 0 bridgehead atoms. The Balaban J connectivity index is 1.62. The number of nitrogens with zero attached hydrogens (tertiary/aromatic N) is 2. The van der Waals surface area contributed by atoms with E-state index in [0.717, 1.165) is 12.1 Å². The number of amides is 1.